The average molecular weight is 376 g/mol. The normalized spacial score (nSPS) is 21.1. The zero-order valence-electron chi connectivity index (χ0n) is 15.6. The molecule has 1 aliphatic heterocycles. The number of hydrogen-bond donors (Lipinski definition) is 2. The van der Waals surface area contributed by atoms with E-state index in [1.165, 1.54) is 6.26 Å². The first-order valence-corrected chi connectivity index (χ1v) is 11.3. The molecule has 0 aromatic heterocycles. The lowest BCUT2D eigenvalue weighted by Crippen LogP contribution is -2.42. The predicted molar refractivity (Wildman–Crippen MR) is 99.7 cm³/mol. The second-order valence-electron chi connectivity index (χ2n) is 7.41. The van der Waals surface area contributed by atoms with Crippen LogP contribution in [0, 0.1) is 11.3 Å². The van der Waals surface area contributed by atoms with Crippen molar-refractivity contribution in [2.45, 2.75) is 32.1 Å². The molecule has 0 radical (unpaired) electrons. The minimum atomic E-state index is -2.94. The van der Waals surface area contributed by atoms with Crippen LogP contribution in [0.1, 0.15) is 32.1 Å². The van der Waals surface area contributed by atoms with Crippen LogP contribution in [0.5, 0.6) is 0 Å². The van der Waals surface area contributed by atoms with Gasteiger partial charge < -0.3 is 20.1 Å². The summed E-state index contributed by atoms with van der Waals surface area (Å²) >= 11 is 0. The number of ether oxygens (including phenoxy) is 2. The summed E-state index contributed by atoms with van der Waals surface area (Å²) in [7, 11) is -1.21. The maximum Gasteiger partial charge on any atom is 0.190 e. The Hall–Kier alpha value is -0.860. The number of aliphatic imine (C=N–C) groups is 1. The van der Waals surface area contributed by atoms with Crippen molar-refractivity contribution in [3.05, 3.63) is 0 Å². The minimum absolute atomic E-state index is 0.0992. The number of rotatable bonds is 10. The second-order valence-corrected chi connectivity index (χ2v) is 9.55. The lowest BCUT2D eigenvalue weighted by atomic mass is 10.0. The van der Waals surface area contributed by atoms with Gasteiger partial charge in [-0.2, -0.15) is 0 Å². The standard InChI is InChI=1S/C17H33N3O4S/c1-18-16(20-13-17(6-7-17)14-25(2,21)22)19-8-3-9-24-12-15-4-10-23-11-5-15/h15H,3-14H2,1-2H3,(H2,18,19,20). The van der Waals surface area contributed by atoms with Gasteiger partial charge in [0.2, 0.25) is 0 Å². The summed E-state index contributed by atoms with van der Waals surface area (Å²) in [6.07, 6.45) is 6.35. The van der Waals surface area contributed by atoms with E-state index < -0.39 is 9.84 Å². The number of sulfone groups is 1. The van der Waals surface area contributed by atoms with Gasteiger partial charge in [0.15, 0.2) is 5.96 Å². The molecule has 1 saturated heterocycles. The van der Waals surface area contributed by atoms with Crippen LogP contribution >= 0.6 is 0 Å². The van der Waals surface area contributed by atoms with Crippen LogP contribution in [0.3, 0.4) is 0 Å². The van der Waals surface area contributed by atoms with Crippen molar-refractivity contribution in [2.75, 3.05) is 58.6 Å². The Labute approximate surface area is 151 Å². The van der Waals surface area contributed by atoms with Gasteiger partial charge in [-0.3, -0.25) is 4.99 Å². The number of guanidine groups is 1. The summed E-state index contributed by atoms with van der Waals surface area (Å²) in [6.45, 7) is 4.72. The van der Waals surface area contributed by atoms with Crippen molar-refractivity contribution in [1.29, 1.82) is 0 Å². The van der Waals surface area contributed by atoms with Gasteiger partial charge in [-0.15, -0.1) is 0 Å². The average Bonchev–Trinajstić information content (AvgIpc) is 3.32. The van der Waals surface area contributed by atoms with Gasteiger partial charge in [0.25, 0.3) is 0 Å². The molecule has 0 bridgehead atoms. The Bertz CT molecular complexity index is 526. The highest BCUT2D eigenvalue weighted by Gasteiger charge is 2.45. The van der Waals surface area contributed by atoms with Gasteiger partial charge in [0.05, 0.1) is 5.75 Å². The van der Waals surface area contributed by atoms with E-state index in [0.29, 0.717) is 12.5 Å². The van der Waals surface area contributed by atoms with Crippen molar-refractivity contribution in [3.63, 3.8) is 0 Å². The molecule has 0 unspecified atom stereocenters. The molecule has 0 aromatic carbocycles. The summed E-state index contributed by atoms with van der Waals surface area (Å²) in [5, 5.41) is 6.52. The largest absolute Gasteiger partial charge is 0.381 e. The quantitative estimate of drug-likeness (QED) is 0.334. The fourth-order valence-electron chi connectivity index (χ4n) is 3.14. The third kappa shape index (κ3) is 8.37. The van der Waals surface area contributed by atoms with E-state index in [1.54, 1.807) is 7.05 Å². The molecule has 1 heterocycles. The number of nitrogens with zero attached hydrogens (tertiary/aromatic N) is 1. The summed E-state index contributed by atoms with van der Waals surface area (Å²) in [4.78, 5) is 4.20. The van der Waals surface area contributed by atoms with E-state index in [0.717, 1.165) is 71.0 Å². The van der Waals surface area contributed by atoms with Crippen molar-refractivity contribution >= 4 is 15.8 Å². The van der Waals surface area contributed by atoms with Crippen molar-refractivity contribution in [2.24, 2.45) is 16.3 Å². The predicted octanol–water partition coefficient (Wildman–Crippen LogP) is 0.810. The minimum Gasteiger partial charge on any atom is -0.381 e. The first kappa shape index (κ1) is 20.5. The highest BCUT2D eigenvalue weighted by molar-refractivity contribution is 7.90. The van der Waals surface area contributed by atoms with Gasteiger partial charge in [-0.1, -0.05) is 0 Å². The molecular formula is C17H33N3O4S. The summed E-state index contributed by atoms with van der Waals surface area (Å²) in [5.74, 6) is 1.62. The molecule has 2 aliphatic rings. The molecule has 1 aliphatic carbocycles. The SMILES string of the molecule is CN=C(NCCCOCC1CCOCC1)NCC1(CS(C)(=O)=O)CC1. The molecule has 0 atom stereocenters. The zero-order chi connectivity index (χ0) is 18.2. The van der Waals surface area contributed by atoms with Crippen LogP contribution in [0.25, 0.3) is 0 Å². The van der Waals surface area contributed by atoms with Gasteiger partial charge >= 0.3 is 0 Å². The Morgan fingerprint density at radius 2 is 2.00 bits per heavy atom. The monoisotopic (exact) mass is 375 g/mol. The van der Waals surface area contributed by atoms with Crippen molar-refractivity contribution < 1.29 is 17.9 Å². The fraction of sp³-hybridized carbons (Fsp3) is 0.941. The van der Waals surface area contributed by atoms with E-state index >= 15 is 0 Å². The lowest BCUT2D eigenvalue weighted by molar-refractivity contribution is 0.0203. The highest BCUT2D eigenvalue weighted by Crippen LogP contribution is 2.45. The maximum absolute atomic E-state index is 11.5. The highest BCUT2D eigenvalue weighted by atomic mass is 32.2. The summed E-state index contributed by atoms with van der Waals surface area (Å²) in [6, 6.07) is 0. The molecule has 146 valence electrons. The van der Waals surface area contributed by atoms with Gasteiger partial charge in [0, 0.05) is 58.2 Å². The Balaban J connectivity index is 1.53. The van der Waals surface area contributed by atoms with Crippen LogP contribution in [-0.4, -0.2) is 73.0 Å². The van der Waals surface area contributed by atoms with E-state index in [4.69, 9.17) is 9.47 Å². The molecule has 0 spiro atoms. The smallest absolute Gasteiger partial charge is 0.190 e. The molecule has 2 N–H and O–H groups in total. The zero-order valence-corrected chi connectivity index (χ0v) is 16.4. The van der Waals surface area contributed by atoms with Crippen LogP contribution in [0.4, 0.5) is 0 Å². The first-order valence-electron chi connectivity index (χ1n) is 9.20. The Morgan fingerprint density at radius 3 is 2.60 bits per heavy atom. The van der Waals surface area contributed by atoms with Crippen LogP contribution < -0.4 is 10.6 Å². The molecule has 7 nitrogen and oxygen atoms in total. The second kappa shape index (κ2) is 9.73. The van der Waals surface area contributed by atoms with Gasteiger partial charge in [-0.25, -0.2) is 8.42 Å². The van der Waals surface area contributed by atoms with E-state index in [9.17, 15) is 8.42 Å². The Morgan fingerprint density at radius 1 is 1.28 bits per heavy atom. The molecule has 0 amide bonds. The van der Waals surface area contributed by atoms with Crippen LogP contribution in [0.15, 0.2) is 4.99 Å². The van der Waals surface area contributed by atoms with E-state index in [-0.39, 0.29) is 11.2 Å². The Kier molecular flexibility index (Phi) is 7.96. The molecule has 25 heavy (non-hydrogen) atoms. The molecule has 2 fully saturated rings. The fourth-order valence-corrected chi connectivity index (χ4v) is 4.64. The third-order valence-electron chi connectivity index (χ3n) is 4.83. The van der Waals surface area contributed by atoms with Crippen molar-refractivity contribution in [1.82, 2.24) is 10.6 Å². The van der Waals surface area contributed by atoms with Crippen LogP contribution in [0.2, 0.25) is 0 Å². The lowest BCUT2D eigenvalue weighted by Gasteiger charge is -2.21. The first-order chi connectivity index (χ1) is 11.9. The summed E-state index contributed by atoms with van der Waals surface area (Å²) in [5.41, 5.74) is -0.0992. The molecule has 1 saturated carbocycles. The maximum atomic E-state index is 11.5. The van der Waals surface area contributed by atoms with Gasteiger partial charge in [0.1, 0.15) is 9.84 Å². The third-order valence-corrected chi connectivity index (χ3v) is 5.97. The molecular weight excluding hydrogens is 342 g/mol. The van der Waals surface area contributed by atoms with Gasteiger partial charge in [-0.05, 0) is 38.0 Å². The summed E-state index contributed by atoms with van der Waals surface area (Å²) < 4.78 is 34.1. The van der Waals surface area contributed by atoms with Crippen LogP contribution in [-0.2, 0) is 19.3 Å². The molecule has 8 heteroatoms. The molecule has 2 rings (SSSR count). The number of nitrogens with one attached hydrogen (secondary N) is 2. The number of hydrogen-bond acceptors (Lipinski definition) is 5. The molecule has 0 aromatic rings. The van der Waals surface area contributed by atoms with E-state index in [2.05, 4.69) is 15.6 Å². The van der Waals surface area contributed by atoms with E-state index in [1.807, 2.05) is 0 Å². The van der Waals surface area contributed by atoms with Crippen molar-refractivity contribution in [3.8, 4) is 0 Å². The topological polar surface area (TPSA) is 89.0 Å².